The topological polar surface area (TPSA) is 46.3 Å². The Bertz CT molecular complexity index is 261. The maximum atomic E-state index is 12.1. The molecule has 1 rings (SSSR count). The van der Waals surface area contributed by atoms with Crippen LogP contribution < -0.4 is 5.73 Å². The van der Waals surface area contributed by atoms with Gasteiger partial charge in [-0.25, -0.2) is 0 Å². The first kappa shape index (κ1) is 14.8. The minimum atomic E-state index is 0.159. The number of carbonyl (C=O) groups excluding carboxylic acids is 1. The monoisotopic (exact) mass is 258 g/mol. The van der Waals surface area contributed by atoms with Crippen molar-refractivity contribution in [2.24, 2.45) is 11.7 Å². The van der Waals surface area contributed by atoms with Crippen LogP contribution in [0.2, 0.25) is 0 Å². The van der Waals surface area contributed by atoms with Crippen LogP contribution in [0.25, 0.3) is 0 Å². The van der Waals surface area contributed by atoms with Crippen LogP contribution in [0, 0.1) is 5.92 Å². The van der Waals surface area contributed by atoms with Crippen molar-refractivity contribution in [1.82, 2.24) is 4.90 Å². The molecule has 0 bridgehead atoms. The van der Waals surface area contributed by atoms with Gasteiger partial charge >= 0.3 is 0 Å². The summed E-state index contributed by atoms with van der Waals surface area (Å²) in [5.74, 6) is 1.34. The van der Waals surface area contributed by atoms with Crippen LogP contribution in [0.5, 0.6) is 0 Å². The first-order chi connectivity index (χ1) is 7.79. The Morgan fingerprint density at radius 2 is 2.18 bits per heavy atom. The molecule has 4 heteroatoms. The zero-order valence-electron chi connectivity index (χ0n) is 11.5. The summed E-state index contributed by atoms with van der Waals surface area (Å²) in [6.45, 7) is 10.2. The van der Waals surface area contributed by atoms with Crippen molar-refractivity contribution in [3.8, 4) is 0 Å². The second-order valence-electron chi connectivity index (χ2n) is 6.00. The van der Waals surface area contributed by atoms with Crippen LogP contribution in [0.4, 0.5) is 0 Å². The van der Waals surface area contributed by atoms with E-state index in [1.54, 1.807) is 11.8 Å². The van der Waals surface area contributed by atoms with E-state index in [0.29, 0.717) is 11.7 Å². The molecule has 1 aliphatic heterocycles. The summed E-state index contributed by atoms with van der Waals surface area (Å²) in [6.07, 6.45) is 2.26. The molecule has 1 amide bonds. The van der Waals surface area contributed by atoms with Gasteiger partial charge in [-0.15, -0.1) is 11.8 Å². The Morgan fingerprint density at radius 1 is 1.53 bits per heavy atom. The fourth-order valence-corrected chi connectivity index (χ4v) is 2.77. The minimum Gasteiger partial charge on any atom is -0.342 e. The molecule has 3 nitrogen and oxygen atoms in total. The van der Waals surface area contributed by atoms with E-state index in [2.05, 4.69) is 20.8 Å². The van der Waals surface area contributed by atoms with Crippen LogP contribution in [0.15, 0.2) is 0 Å². The van der Waals surface area contributed by atoms with E-state index in [-0.39, 0.29) is 16.7 Å². The smallest absolute Gasteiger partial charge is 0.232 e. The van der Waals surface area contributed by atoms with Crippen LogP contribution in [0.3, 0.4) is 0 Å². The highest BCUT2D eigenvalue weighted by Gasteiger charge is 2.26. The number of piperidine rings is 1. The second-order valence-corrected chi connectivity index (χ2v) is 7.80. The number of nitrogens with zero attached hydrogens (tertiary/aromatic N) is 1. The van der Waals surface area contributed by atoms with Gasteiger partial charge in [-0.3, -0.25) is 4.79 Å². The molecule has 2 N–H and O–H groups in total. The first-order valence-corrected chi connectivity index (χ1v) is 7.45. The molecule has 2 atom stereocenters. The quantitative estimate of drug-likeness (QED) is 0.843. The number of thioether (sulfide) groups is 1. The number of likely N-dealkylation sites (tertiary alicyclic amines) is 1. The molecule has 17 heavy (non-hydrogen) atoms. The molecular weight excluding hydrogens is 232 g/mol. The van der Waals surface area contributed by atoms with E-state index >= 15 is 0 Å². The van der Waals surface area contributed by atoms with Gasteiger partial charge in [0.2, 0.25) is 5.91 Å². The predicted octanol–water partition coefficient (Wildman–Crippen LogP) is 2.10. The van der Waals surface area contributed by atoms with Gasteiger partial charge in [0.1, 0.15) is 0 Å². The third-order valence-corrected chi connectivity index (χ3v) is 4.44. The number of rotatable bonds is 3. The number of amides is 1. The summed E-state index contributed by atoms with van der Waals surface area (Å²) in [4.78, 5) is 14.1. The van der Waals surface area contributed by atoms with Gasteiger partial charge < -0.3 is 10.6 Å². The van der Waals surface area contributed by atoms with Crippen molar-refractivity contribution in [2.45, 2.75) is 51.3 Å². The van der Waals surface area contributed by atoms with Crippen molar-refractivity contribution >= 4 is 17.7 Å². The van der Waals surface area contributed by atoms with Crippen molar-refractivity contribution < 1.29 is 4.79 Å². The zero-order chi connectivity index (χ0) is 13.1. The number of carbonyl (C=O) groups is 1. The number of nitrogens with two attached hydrogens (primary N) is 1. The van der Waals surface area contributed by atoms with E-state index in [1.807, 2.05) is 11.8 Å². The van der Waals surface area contributed by atoms with Gasteiger partial charge in [0.05, 0.1) is 5.75 Å². The molecule has 1 heterocycles. The molecule has 0 radical (unpaired) electrons. The molecule has 1 aliphatic rings. The summed E-state index contributed by atoms with van der Waals surface area (Å²) in [7, 11) is 0. The van der Waals surface area contributed by atoms with Crippen LogP contribution in [0.1, 0.15) is 40.5 Å². The lowest BCUT2D eigenvalue weighted by Crippen LogP contribution is -2.45. The summed E-state index contributed by atoms with van der Waals surface area (Å²) in [5.41, 5.74) is 5.93. The maximum Gasteiger partial charge on any atom is 0.232 e. The normalized spacial score (nSPS) is 23.6. The highest BCUT2D eigenvalue weighted by atomic mass is 32.2. The second kappa shape index (κ2) is 6.10. The van der Waals surface area contributed by atoms with Crippen LogP contribution in [-0.4, -0.2) is 40.4 Å². The highest BCUT2D eigenvalue weighted by molar-refractivity contribution is 8.01. The SMILES string of the molecule is CC(N)C1CCCN(C(=O)CSC(C)(C)C)C1. The van der Waals surface area contributed by atoms with Crippen molar-refractivity contribution in [2.75, 3.05) is 18.8 Å². The minimum absolute atomic E-state index is 0.159. The van der Waals surface area contributed by atoms with E-state index in [9.17, 15) is 4.79 Å². The van der Waals surface area contributed by atoms with Crippen LogP contribution >= 0.6 is 11.8 Å². The number of hydrogen-bond donors (Lipinski definition) is 1. The molecule has 0 spiro atoms. The standard InChI is InChI=1S/C13H26N2OS/c1-10(14)11-6-5-7-15(8-11)12(16)9-17-13(2,3)4/h10-11H,5-9,14H2,1-4H3. The average molecular weight is 258 g/mol. The van der Waals surface area contributed by atoms with Crippen molar-refractivity contribution in [3.63, 3.8) is 0 Å². The third kappa shape index (κ3) is 5.30. The lowest BCUT2D eigenvalue weighted by Gasteiger charge is -2.35. The molecule has 0 aromatic carbocycles. The Kier molecular flexibility index (Phi) is 5.32. The predicted molar refractivity (Wildman–Crippen MR) is 75.2 cm³/mol. The highest BCUT2D eigenvalue weighted by Crippen LogP contribution is 2.25. The molecule has 0 aromatic rings. The molecular formula is C13H26N2OS. The molecule has 1 saturated heterocycles. The van der Waals surface area contributed by atoms with E-state index < -0.39 is 0 Å². The fourth-order valence-electron chi connectivity index (χ4n) is 2.04. The first-order valence-electron chi connectivity index (χ1n) is 6.47. The summed E-state index contributed by atoms with van der Waals surface area (Å²) in [6, 6.07) is 0.195. The summed E-state index contributed by atoms with van der Waals surface area (Å²) in [5, 5.41) is 0. The van der Waals surface area contributed by atoms with Crippen LogP contribution in [-0.2, 0) is 4.79 Å². The fraction of sp³-hybridized carbons (Fsp3) is 0.923. The molecule has 1 fully saturated rings. The maximum absolute atomic E-state index is 12.1. The molecule has 100 valence electrons. The van der Waals surface area contributed by atoms with Gasteiger partial charge in [-0.1, -0.05) is 20.8 Å². The molecule has 0 aliphatic carbocycles. The van der Waals surface area contributed by atoms with Crippen molar-refractivity contribution in [3.05, 3.63) is 0 Å². The Morgan fingerprint density at radius 3 is 2.71 bits per heavy atom. The molecule has 0 aromatic heterocycles. The van der Waals surface area contributed by atoms with Gasteiger partial charge in [0.25, 0.3) is 0 Å². The number of hydrogen-bond acceptors (Lipinski definition) is 3. The van der Waals surface area contributed by atoms with Gasteiger partial charge in [-0.05, 0) is 25.7 Å². The van der Waals surface area contributed by atoms with Crippen molar-refractivity contribution in [1.29, 1.82) is 0 Å². The Hall–Kier alpha value is -0.220. The molecule has 2 unspecified atom stereocenters. The third-order valence-electron chi connectivity index (χ3n) is 3.18. The van der Waals surface area contributed by atoms with E-state index in [1.165, 1.54) is 0 Å². The lowest BCUT2D eigenvalue weighted by molar-refractivity contribution is -0.130. The lowest BCUT2D eigenvalue weighted by atomic mass is 9.92. The average Bonchev–Trinajstić information content (AvgIpc) is 2.25. The zero-order valence-corrected chi connectivity index (χ0v) is 12.3. The summed E-state index contributed by atoms with van der Waals surface area (Å²) >= 11 is 1.72. The Labute approximate surface area is 109 Å². The van der Waals surface area contributed by atoms with E-state index in [4.69, 9.17) is 5.73 Å². The summed E-state index contributed by atoms with van der Waals surface area (Å²) < 4.78 is 0.159. The van der Waals surface area contributed by atoms with Gasteiger partial charge in [0.15, 0.2) is 0 Å². The van der Waals surface area contributed by atoms with E-state index in [0.717, 1.165) is 25.9 Å². The largest absolute Gasteiger partial charge is 0.342 e. The van der Waals surface area contributed by atoms with Gasteiger partial charge in [0, 0.05) is 23.9 Å². The molecule has 0 saturated carbocycles. The Balaban J connectivity index is 2.41. The van der Waals surface area contributed by atoms with Gasteiger partial charge in [-0.2, -0.15) is 0 Å².